The average molecular weight is 581 g/mol. The van der Waals surface area contributed by atoms with Crippen molar-refractivity contribution in [3.63, 3.8) is 0 Å². The highest BCUT2D eigenvalue weighted by atomic mass is 16.6. The Hall–Kier alpha value is -2.33. The van der Waals surface area contributed by atoms with E-state index in [9.17, 15) is 4.79 Å². The molecule has 0 radical (unpaired) electrons. The summed E-state index contributed by atoms with van der Waals surface area (Å²) in [6.45, 7) is 8.40. The van der Waals surface area contributed by atoms with Gasteiger partial charge in [-0.25, -0.2) is 0 Å². The Morgan fingerprint density at radius 3 is 1.88 bits per heavy atom. The molecule has 2 unspecified atom stereocenters. The molecule has 0 saturated carbocycles. The van der Waals surface area contributed by atoms with Gasteiger partial charge >= 0.3 is 5.97 Å². The monoisotopic (exact) mass is 580 g/mol. The smallest absolute Gasteiger partial charge is 0.314 e. The fourth-order valence-corrected chi connectivity index (χ4v) is 5.80. The van der Waals surface area contributed by atoms with E-state index in [-0.39, 0.29) is 18.0 Å². The zero-order valence-electron chi connectivity index (χ0n) is 27.8. The van der Waals surface area contributed by atoms with Gasteiger partial charge in [-0.2, -0.15) is 0 Å². The van der Waals surface area contributed by atoms with Crippen LogP contribution in [-0.4, -0.2) is 43.8 Å². The van der Waals surface area contributed by atoms with Crippen molar-refractivity contribution >= 4 is 5.97 Å². The Balaban J connectivity index is 1.72. The van der Waals surface area contributed by atoms with Crippen molar-refractivity contribution in [1.29, 1.82) is 0 Å². The van der Waals surface area contributed by atoms with Crippen LogP contribution in [0, 0.1) is 5.92 Å². The number of aryl methyl sites for hydroxylation is 1. The molecule has 0 heterocycles. The second-order valence-electron chi connectivity index (χ2n) is 12.9. The summed E-state index contributed by atoms with van der Waals surface area (Å²) >= 11 is 0. The lowest BCUT2D eigenvalue weighted by molar-refractivity contribution is -0.906. The van der Waals surface area contributed by atoms with Crippen LogP contribution in [0.15, 0.2) is 54.6 Å². The molecule has 4 nitrogen and oxygen atoms in total. The van der Waals surface area contributed by atoms with Gasteiger partial charge < -0.3 is 14.0 Å². The standard InChI is InChI=1S/C38H62NO3/c1-6-9-10-11-12-13-14-15-16-17-18-22-27-35-28-23-24-29-37(35)42-36(8-3)32-41-38(40)34(7-2)31-39(4,5)30-33-25-20-19-21-26-33/h19-21,23-26,28-29,34,36H,6-18,22,27,30-32H2,1-5H3/q+1. The van der Waals surface area contributed by atoms with Crippen molar-refractivity contribution < 1.29 is 18.8 Å². The molecule has 0 N–H and O–H groups in total. The van der Waals surface area contributed by atoms with Gasteiger partial charge in [-0.15, -0.1) is 0 Å². The molecule has 0 aliphatic carbocycles. The Labute approximate surface area is 258 Å². The van der Waals surface area contributed by atoms with Crippen LogP contribution in [0.2, 0.25) is 0 Å². The van der Waals surface area contributed by atoms with E-state index in [1.165, 1.54) is 88.2 Å². The van der Waals surface area contributed by atoms with Crippen LogP contribution in [0.4, 0.5) is 0 Å². The predicted octanol–water partition coefficient (Wildman–Crippen LogP) is 9.93. The lowest BCUT2D eigenvalue weighted by atomic mass is 10.0. The number of hydrogen-bond donors (Lipinski definition) is 0. The molecule has 0 spiro atoms. The second kappa shape index (κ2) is 21.4. The van der Waals surface area contributed by atoms with E-state index in [0.29, 0.717) is 6.61 Å². The molecule has 0 aliphatic heterocycles. The van der Waals surface area contributed by atoms with E-state index in [2.05, 4.69) is 77.3 Å². The number of hydrogen-bond acceptors (Lipinski definition) is 3. The highest BCUT2D eigenvalue weighted by molar-refractivity contribution is 5.72. The van der Waals surface area contributed by atoms with Crippen molar-refractivity contribution in [2.75, 3.05) is 27.2 Å². The van der Waals surface area contributed by atoms with Crippen molar-refractivity contribution in [2.24, 2.45) is 5.92 Å². The molecule has 0 amide bonds. The van der Waals surface area contributed by atoms with E-state index in [4.69, 9.17) is 9.47 Å². The topological polar surface area (TPSA) is 35.5 Å². The molecule has 0 aliphatic rings. The fourth-order valence-electron chi connectivity index (χ4n) is 5.80. The van der Waals surface area contributed by atoms with Gasteiger partial charge in [-0.3, -0.25) is 4.79 Å². The van der Waals surface area contributed by atoms with Gasteiger partial charge in [0.25, 0.3) is 0 Å². The summed E-state index contributed by atoms with van der Waals surface area (Å²) < 4.78 is 13.0. The predicted molar refractivity (Wildman–Crippen MR) is 178 cm³/mol. The van der Waals surface area contributed by atoms with Crippen molar-refractivity contribution in [3.05, 3.63) is 65.7 Å². The molecule has 236 valence electrons. The molecule has 42 heavy (non-hydrogen) atoms. The van der Waals surface area contributed by atoms with Crippen molar-refractivity contribution in [3.8, 4) is 5.75 Å². The lowest BCUT2D eigenvalue weighted by Crippen LogP contribution is -2.45. The Kier molecular flexibility index (Phi) is 18.3. The zero-order chi connectivity index (χ0) is 30.5. The number of esters is 1. The van der Waals surface area contributed by atoms with Crippen LogP contribution < -0.4 is 4.74 Å². The van der Waals surface area contributed by atoms with Gasteiger partial charge in [0.1, 0.15) is 30.9 Å². The quantitative estimate of drug-likeness (QED) is 0.0704. The number of ether oxygens (including phenoxy) is 2. The molecule has 0 bridgehead atoms. The molecule has 0 fully saturated rings. The summed E-state index contributed by atoms with van der Waals surface area (Å²) in [5.41, 5.74) is 2.55. The van der Waals surface area contributed by atoms with Crippen LogP contribution in [0.25, 0.3) is 0 Å². The van der Waals surface area contributed by atoms with Gasteiger partial charge in [-0.05, 0) is 37.3 Å². The number of rotatable bonds is 24. The highest BCUT2D eigenvalue weighted by Crippen LogP contribution is 2.24. The molecule has 0 aromatic heterocycles. The largest absolute Gasteiger partial charge is 0.487 e. The maximum Gasteiger partial charge on any atom is 0.314 e. The Morgan fingerprint density at radius 1 is 0.714 bits per heavy atom. The number of nitrogens with zero attached hydrogens (tertiary/aromatic N) is 1. The van der Waals surface area contributed by atoms with Gasteiger partial charge in [0.05, 0.1) is 20.6 Å². The molecule has 2 rings (SSSR count). The highest BCUT2D eigenvalue weighted by Gasteiger charge is 2.28. The molecule has 2 aromatic rings. The SMILES string of the molecule is CCCCCCCCCCCCCCc1ccccc1OC(CC)COC(=O)C(CC)C[N+](C)(C)Cc1ccccc1. The van der Waals surface area contributed by atoms with Gasteiger partial charge in [-0.1, -0.05) is 140 Å². The van der Waals surface area contributed by atoms with Crippen molar-refractivity contribution in [2.45, 2.75) is 130 Å². The first-order chi connectivity index (χ1) is 20.4. The van der Waals surface area contributed by atoms with Crippen LogP contribution in [0.1, 0.15) is 122 Å². The number of para-hydroxylation sites is 1. The average Bonchev–Trinajstić information content (AvgIpc) is 2.99. The van der Waals surface area contributed by atoms with E-state index >= 15 is 0 Å². The van der Waals surface area contributed by atoms with E-state index in [1.54, 1.807) is 0 Å². The first-order valence-corrected chi connectivity index (χ1v) is 17.2. The van der Waals surface area contributed by atoms with Crippen LogP contribution in [0.3, 0.4) is 0 Å². The molecular formula is C38H62NO3+. The van der Waals surface area contributed by atoms with Crippen LogP contribution >= 0.6 is 0 Å². The summed E-state index contributed by atoms with van der Waals surface area (Å²) in [6.07, 6.45) is 18.8. The Morgan fingerprint density at radius 2 is 1.29 bits per heavy atom. The summed E-state index contributed by atoms with van der Waals surface area (Å²) in [5.74, 6) is 0.707. The number of carbonyl (C=O) groups is 1. The van der Waals surface area contributed by atoms with E-state index in [1.807, 2.05) is 12.1 Å². The second-order valence-corrected chi connectivity index (χ2v) is 12.9. The molecule has 0 saturated heterocycles. The number of unbranched alkanes of at least 4 members (excludes halogenated alkanes) is 11. The molecule has 2 atom stereocenters. The Bertz CT molecular complexity index is 958. The number of carbonyl (C=O) groups excluding carboxylic acids is 1. The minimum atomic E-state index is -0.138. The van der Waals surface area contributed by atoms with Crippen LogP contribution in [0.5, 0.6) is 5.75 Å². The zero-order valence-corrected chi connectivity index (χ0v) is 27.8. The van der Waals surface area contributed by atoms with E-state index < -0.39 is 0 Å². The minimum Gasteiger partial charge on any atom is -0.487 e. The third kappa shape index (κ3) is 15.2. The van der Waals surface area contributed by atoms with Gasteiger partial charge in [0.2, 0.25) is 0 Å². The summed E-state index contributed by atoms with van der Waals surface area (Å²) in [4.78, 5) is 13.1. The minimum absolute atomic E-state index is 0.108. The first-order valence-electron chi connectivity index (χ1n) is 17.2. The summed E-state index contributed by atoms with van der Waals surface area (Å²) in [6, 6.07) is 18.9. The molecule has 2 aromatic carbocycles. The third-order valence-electron chi connectivity index (χ3n) is 8.43. The van der Waals surface area contributed by atoms with Crippen molar-refractivity contribution in [1.82, 2.24) is 0 Å². The third-order valence-corrected chi connectivity index (χ3v) is 8.43. The summed E-state index contributed by atoms with van der Waals surface area (Å²) in [5, 5.41) is 0. The first kappa shape index (κ1) is 35.9. The normalized spacial score (nSPS) is 13.1. The summed E-state index contributed by atoms with van der Waals surface area (Å²) in [7, 11) is 4.38. The maximum atomic E-state index is 13.1. The fraction of sp³-hybridized carbons (Fsp3) is 0.658. The van der Waals surface area contributed by atoms with Gasteiger partial charge in [0, 0.05) is 5.56 Å². The van der Waals surface area contributed by atoms with E-state index in [0.717, 1.165) is 42.6 Å². The van der Waals surface area contributed by atoms with Crippen LogP contribution in [-0.2, 0) is 22.5 Å². The molecule has 4 heteroatoms. The molecular weight excluding hydrogens is 518 g/mol. The lowest BCUT2D eigenvalue weighted by Gasteiger charge is -2.33. The number of quaternary nitrogens is 1. The maximum absolute atomic E-state index is 13.1. The van der Waals surface area contributed by atoms with Gasteiger partial charge in [0.15, 0.2) is 0 Å². The number of benzene rings is 2.